The van der Waals surface area contributed by atoms with Crippen molar-refractivity contribution in [1.82, 2.24) is 10.0 Å². The molecule has 0 radical (unpaired) electrons. The third-order valence-electron chi connectivity index (χ3n) is 2.99. The minimum atomic E-state index is -3.99. The minimum Gasteiger partial charge on any atom is -0.454 e. The average Bonchev–Trinajstić information content (AvgIpc) is 2.57. The Labute approximate surface area is 146 Å². The Balaban J connectivity index is 2.66. The number of ketones is 1. The van der Waals surface area contributed by atoms with Gasteiger partial charge in [0.05, 0.1) is 11.4 Å². The Hall–Kier alpha value is -2.70. The summed E-state index contributed by atoms with van der Waals surface area (Å²) in [5.41, 5.74) is 0.365. The maximum Gasteiger partial charge on any atom is 0.324 e. The second-order valence-electron chi connectivity index (χ2n) is 5.01. The van der Waals surface area contributed by atoms with Gasteiger partial charge < -0.3 is 10.1 Å². The minimum absolute atomic E-state index is 0.00513. The molecule has 134 valence electrons. The topological polar surface area (TPSA) is 119 Å². The molecule has 1 rings (SSSR count). The Morgan fingerprint density at radius 1 is 1.24 bits per heavy atom. The summed E-state index contributed by atoms with van der Waals surface area (Å²) in [6.45, 7) is 2.07. The molecule has 8 nitrogen and oxygen atoms in total. The van der Waals surface area contributed by atoms with Gasteiger partial charge in [0, 0.05) is 5.56 Å². The van der Waals surface area contributed by atoms with Crippen LogP contribution in [0, 0.1) is 12.3 Å². The van der Waals surface area contributed by atoms with Crippen LogP contribution in [-0.2, 0) is 24.3 Å². The molecule has 0 fully saturated rings. The fourth-order valence-electron chi connectivity index (χ4n) is 1.68. The largest absolute Gasteiger partial charge is 0.454 e. The number of carbonyl (C=O) groups is 3. The van der Waals surface area contributed by atoms with Crippen LogP contribution in [0.1, 0.15) is 24.2 Å². The molecule has 0 aliphatic carbocycles. The van der Waals surface area contributed by atoms with Crippen molar-refractivity contribution < 1.29 is 27.5 Å². The van der Waals surface area contributed by atoms with E-state index in [9.17, 15) is 22.8 Å². The van der Waals surface area contributed by atoms with Gasteiger partial charge in [-0.15, -0.1) is 6.42 Å². The molecule has 0 aliphatic rings. The Kier molecular flexibility index (Phi) is 7.29. The predicted octanol–water partition coefficient (Wildman–Crippen LogP) is -0.151. The van der Waals surface area contributed by atoms with Crippen LogP contribution in [0.4, 0.5) is 0 Å². The quantitative estimate of drug-likeness (QED) is 0.375. The monoisotopic (exact) mass is 366 g/mol. The van der Waals surface area contributed by atoms with Crippen LogP contribution < -0.4 is 10.0 Å². The number of benzene rings is 1. The first-order valence-electron chi connectivity index (χ1n) is 7.17. The lowest BCUT2D eigenvalue weighted by Crippen LogP contribution is -2.40. The zero-order valence-corrected chi connectivity index (χ0v) is 14.6. The van der Waals surface area contributed by atoms with E-state index in [-0.39, 0.29) is 17.2 Å². The van der Waals surface area contributed by atoms with Crippen LogP contribution in [0.3, 0.4) is 0 Å². The normalized spacial score (nSPS) is 11.9. The highest BCUT2D eigenvalue weighted by Crippen LogP contribution is 2.11. The van der Waals surface area contributed by atoms with E-state index in [0.29, 0.717) is 5.56 Å². The molecule has 1 aromatic carbocycles. The summed E-state index contributed by atoms with van der Waals surface area (Å²) in [6, 6.07) is 4.04. The van der Waals surface area contributed by atoms with E-state index >= 15 is 0 Å². The molecule has 0 aromatic heterocycles. The number of hydrogen-bond donors (Lipinski definition) is 2. The Morgan fingerprint density at radius 3 is 2.36 bits per heavy atom. The van der Waals surface area contributed by atoms with Gasteiger partial charge >= 0.3 is 5.97 Å². The molecule has 1 atom stereocenters. The van der Waals surface area contributed by atoms with Crippen molar-refractivity contribution >= 4 is 27.7 Å². The van der Waals surface area contributed by atoms with Gasteiger partial charge in [0.15, 0.2) is 12.4 Å². The van der Waals surface area contributed by atoms with Crippen molar-refractivity contribution in [3.05, 3.63) is 29.8 Å². The number of sulfonamides is 1. The number of terminal acetylenes is 1. The second kappa shape index (κ2) is 8.96. The van der Waals surface area contributed by atoms with E-state index in [1.54, 1.807) is 0 Å². The number of hydrogen-bond acceptors (Lipinski definition) is 6. The van der Waals surface area contributed by atoms with Crippen molar-refractivity contribution in [1.29, 1.82) is 0 Å². The van der Waals surface area contributed by atoms with Crippen LogP contribution in [0.15, 0.2) is 29.2 Å². The number of esters is 1. The van der Waals surface area contributed by atoms with Gasteiger partial charge in [0.25, 0.3) is 5.91 Å². The standard InChI is InChI=1S/C16H18N2O6S/c1-4-9-17-15(20)10-24-16(21)11(2)18-25(22,23)14-7-5-13(6-8-14)12(3)19/h1,5-8,11,18H,9-10H2,2-3H3,(H,17,20)/t11-/m0/s1. The molecule has 0 bridgehead atoms. The number of amides is 1. The van der Waals surface area contributed by atoms with Gasteiger partial charge in [-0.3, -0.25) is 14.4 Å². The molecule has 0 heterocycles. The number of Topliss-reactive ketones (excluding diaryl/α,β-unsaturated/α-hetero) is 1. The molecule has 0 unspecified atom stereocenters. The highest BCUT2D eigenvalue weighted by Gasteiger charge is 2.23. The predicted molar refractivity (Wildman–Crippen MR) is 89.0 cm³/mol. The van der Waals surface area contributed by atoms with Crippen LogP contribution in [0.2, 0.25) is 0 Å². The van der Waals surface area contributed by atoms with E-state index < -0.39 is 34.5 Å². The zero-order valence-electron chi connectivity index (χ0n) is 13.7. The third-order valence-corrected chi connectivity index (χ3v) is 4.55. The molecular weight excluding hydrogens is 348 g/mol. The molecule has 2 N–H and O–H groups in total. The van der Waals surface area contributed by atoms with Crippen molar-refractivity contribution in [3.63, 3.8) is 0 Å². The second-order valence-corrected chi connectivity index (χ2v) is 6.73. The molecule has 25 heavy (non-hydrogen) atoms. The van der Waals surface area contributed by atoms with Gasteiger partial charge in [-0.05, 0) is 26.0 Å². The van der Waals surface area contributed by atoms with Crippen LogP contribution >= 0.6 is 0 Å². The van der Waals surface area contributed by atoms with Crippen molar-refractivity contribution in [2.75, 3.05) is 13.2 Å². The zero-order chi connectivity index (χ0) is 19.0. The molecule has 1 aromatic rings. The summed E-state index contributed by atoms with van der Waals surface area (Å²) in [4.78, 5) is 34.1. The molecular formula is C16H18N2O6S. The lowest BCUT2D eigenvalue weighted by molar-refractivity contribution is -0.149. The van der Waals surface area contributed by atoms with Crippen molar-refractivity contribution in [3.8, 4) is 12.3 Å². The van der Waals surface area contributed by atoms with Gasteiger partial charge in [0.1, 0.15) is 6.04 Å². The van der Waals surface area contributed by atoms with Crippen LogP contribution in [0.25, 0.3) is 0 Å². The number of rotatable bonds is 8. The van der Waals surface area contributed by atoms with E-state index in [1.165, 1.54) is 38.1 Å². The summed E-state index contributed by atoms with van der Waals surface area (Å²) >= 11 is 0. The Morgan fingerprint density at radius 2 is 1.84 bits per heavy atom. The molecule has 0 spiro atoms. The first-order valence-corrected chi connectivity index (χ1v) is 8.66. The molecule has 0 aliphatic heterocycles. The van der Waals surface area contributed by atoms with Crippen molar-refractivity contribution in [2.45, 2.75) is 24.8 Å². The van der Waals surface area contributed by atoms with Crippen LogP contribution in [-0.4, -0.2) is 45.3 Å². The summed E-state index contributed by atoms with van der Waals surface area (Å²) in [5, 5.41) is 2.30. The average molecular weight is 366 g/mol. The fraction of sp³-hybridized carbons (Fsp3) is 0.312. The highest BCUT2D eigenvalue weighted by atomic mass is 32.2. The number of ether oxygens (including phenoxy) is 1. The summed E-state index contributed by atoms with van der Waals surface area (Å²) in [6.07, 6.45) is 4.96. The molecule has 0 saturated carbocycles. The van der Waals surface area contributed by atoms with Gasteiger partial charge in [-0.1, -0.05) is 18.1 Å². The van der Waals surface area contributed by atoms with Gasteiger partial charge in [-0.2, -0.15) is 4.72 Å². The van der Waals surface area contributed by atoms with E-state index in [0.717, 1.165) is 0 Å². The van der Waals surface area contributed by atoms with Gasteiger partial charge in [0.2, 0.25) is 10.0 Å². The number of carbonyl (C=O) groups excluding carboxylic acids is 3. The lowest BCUT2D eigenvalue weighted by atomic mass is 10.2. The van der Waals surface area contributed by atoms with Crippen molar-refractivity contribution in [2.24, 2.45) is 0 Å². The maximum atomic E-state index is 12.2. The smallest absolute Gasteiger partial charge is 0.324 e. The molecule has 0 saturated heterocycles. The maximum absolute atomic E-state index is 12.2. The summed E-state index contributed by atoms with van der Waals surface area (Å²) < 4.78 is 31.2. The first-order chi connectivity index (χ1) is 11.7. The summed E-state index contributed by atoms with van der Waals surface area (Å²) in [7, 11) is -3.99. The van der Waals surface area contributed by atoms with E-state index in [1.807, 2.05) is 0 Å². The highest BCUT2D eigenvalue weighted by molar-refractivity contribution is 7.89. The molecule has 1 amide bonds. The molecule has 9 heteroatoms. The third kappa shape index (κ3) is 6.37. The summed E-state index contributed by atoms with van der Waals surface area (Å²) in [5.74, 6) is 0.474. The SMILES string of the molecule is C#CCNC(=O)COC(=O)[C@H](C)NS(=O)(=O)c1ccc(C(C)=O)cc1. The Bertz CT molecular complexity index is 793. The van der Waals surface area contributed by atoms with E-state index in [2.05, 4.69) is 16.0 Å². The number of nitrogens with one attached hydrogen (secondary N) is 2. The van der Waals surface area contributed by atoms with Gasteiger partial charge in [-0.25, -0.2) is 8.42 Å². The van der Waals surface area contributed by atoms with Crippen LogP contribution in [0.5, 0.6) is 0 Å². The first kappa shape index (κ1) is 20.3. The van der Waals surface area contributed by atoms with E-state index in [4.69, 9.17) is 11.2 Å². The lowest BCUT2D eigenvalue weighted by Gasteiger charge is -2.13. The fourth-order valence-corrected chi connectivity index (χ4v) is 2.87.